The van der Waals surface area contributed by atoms with E-state index in [9.17, 15) is 0 Å². The maximum absolute atomic E-state index is 5.81. The standard InChI is InChI=1S/C19H22N2O3S/c1-14-8-9-18(24-14)19-20-15(13-25-19)12-21(2)10-11-23-17-7-5-4-6-16(17)22-3/h4-9,13H,10-12H2,1-3H3. The molecule has 132 valence electrons. The van der Waals surface area contributed by atoms with Crippen LogP contribution in [0, 0.1) is 6.92 Å². The second-order valence-electron chi connectivity index (χ2n) is 5.79. The molecule has 1 aromatic carbocycles. The average molecular weight is 358 g/mol. The van der Waals surface area contributed by atoms with Crippen LogP contribution in [0.4, 0.5) is 0 Å². The Kier molecular flexibility index (Phi) is 5.73. The molecular weight excluding hydrogens is 336 g/mol. The molecule has 6 heteroatoms. The lowest BCUT2D eigenvalue weighted by Gasteiger charge is -2.16. The van der Waals surface area contributed by atoms with E-state index in [0.717, 1.165) is 46.8 Å². The molecule has 0 N–H and O–H groups in total. The number of ether oxygens (including phenoxy) is 2. The molecular formula is C19H22N2O3S. The topological polar surface area (TPSA) is 47.7 Å². The summed E-state index contributed by atoms with van der Waals surface area (Å²) in [4.78, 5) is 6.83. The summed E-state index contributed by atoms with van der Waals surface area (Å²) in [6.07, 6.45) is 0. The van der Waals surface area contributed by atoms with E-state index in [1.54, 1.807) is 18.4 Å². The minimum atomic E-state index is 0.589. The van der Waals surface area contributed by atoms with Gasteiger partial charge in [0, 0.05) is 18.5 Å². The Morgan fingerprint density at radius 1 is 1.16 bits per heavy atom. The number of aryl methyl sites for hydroxylation is 1. The first-order chi connectivity index (χ1) is 12.2. The van der Waals surface area contributed by atoms with Crippen LogP contribution in [0.15, 0.2) is 46.2 Å². The monoisotopic (exact) mass is 358 g/mol. The molecule has 0 saturated heterocycles. The van der Waals surface area contributed by atoms with Gasteiger partial charge in [0.2, 0.25) is 0 Å². The summed E-state index contributed by atoms with van der Waals surface area (Å²) in [5, 5.41) is 2.99. The summed E-state index contributed by atoms with van der Waals surface area (Å²) < 4.78 is 16.7. The molecule has 0 bridgehead atoms. The van der Waals surface area contributed by atoms with Crippen molar-refractivity contribution in [1.82, 2.24) is 9.88 Å². The molecule has 0 aliphatic carbocycles. The number of benzene rings is 1. The third kappa shape index (κ3) is 4.61. The molecule has 0 spiro atoms. The van der Waals surface area contributed by atoms with Crippen LogP contribution in [-0.2, 0) is 6.54 Å². The maximum atomic E-state index is 5.81. The van der Waals surface area contributed by atoms with Gasteiger partial charge in [-0.2, -0.15) is 0 Å². The molecule has 0 atom stereocenters. The fourth-order valence-corrected chi connectivity index (χ4v) is 3.22. The van der Waals surface area contributed by atoms with E-state index < -0.39 is 0 Å². The zero-order valence-electron chi connectivity index (χ0n) is 14.7. The maximum Gasteiger partial charge on any atom is 0.162 e. The lowest BCUT2D eigenvalue weighted by Crippen LogP contribution is -2.24. The van der Waals surface area contributed by atoms with Gasteiger partial charge in [0.25, 0.3) is 0 Å². The van der Waals surface area contributed by atoms with Gasteiger partial charge in [0.1, 0.15) is 12.4 Å². The van der Waals surface area contributed by atoms with E-state index in [-0.39, 0.29) is 0 Å². The number of hydrogen-bond donors (Lipinski definition) is 0. The van der Waals surface area contributed by atoms with Crippen molar-refractivity contribution in [3.8, 4) is 22.3 Å². The van der Waals surface area contributed by atoms with Crippen LogP contribution >= 0.6 is 11.3 Å². The van der Waals surface area contributed by atoms with Crippen LogP contribution in [0.2, 0.25) is 0 Å². The van der Waals surface area contributed by atoms with Gasteiger partial charge in [-0.25, -0.2) is 4.98 Å². The molecule has 5 nitrogen and oxygen atoms in total. The summed E-state index contributed by atoms with van der Waals surface area (Å²) in [6.45, 7) is 4.09. The van der Waals surface area contributed by atoms with Gasteiger partial charge >= 0.3 is 0 Å². The van der Waals surface area contributed by atoms with Gasteiger partial charge in [0.15, 0.2) is 22.3 Å². The zero-order chi connectivity index (χ0) is 17.6. The molecule has 0 aliphatic heterocycles. The third-order valence-electron chi connectivity index (χ3n) is 3.73. The minimum Gasteiger partial charge on any atom is -0.493 e. The molecule has 0 unspecified atom stereocenters. The SMILES string of the molecule is COc1ccccc1OCCN(C)Cc1csc(-c2ccc(C)o2)n1. The van der Waals surface area contributed by atoms with Gasteiger partial charge < -0.3 is 13.9 Å². The molecule has 25 heavy (non-hydrogen) atoms. The Morgan fingerprint density at radius 3 is 2.68 bits per heavy atom. The summed E-state index contributed by atoms with van der Waals surface area (Å²) in [5.41, 5.74) is 1.04. The van der Waals surface area contributed by atoms with Crippen LogP contribution in [0.1, 0.15) is 11.5 Å². The molecule has 0 radical (unpaired) electrons. The third-order valence-corrected chi connectivity index (χ3v) is 4.64. The summed E-state index contributed by atoms with van der Waals surface area (Å²) in [6, 6.07) is 11.6. The smallest absolute Gasteiger partial charge is 0.162 e. The molecule has 0 saturated carbocycles. The van der Waals surface area contributed by atoms with E-state index in [4.69, 9.17) is 13.9 Å². The van der Waals surface area contributed by atoms with Crippen LogP contribution < -0.4 is 9.47 Å². The van der Waals surface area contributed by atoms with Crippen molar-refractivity contribution < 1.29 is 13.9 Å². The number of furan rings is 1. The highest BCUT2D eigenvalue weighted by Crippen LogP contribution is 2.27. The quantitative estimate of drug-likeness (QED) is 0.603. The van der Waals surface area contributed by atoms with Gasteiger partial charge in [0.05, 0.1) is 12.8 Å². The number of hydrogen-bond acceptors (Lipinski definition) is 6. The Balaban J connectivity index is 1.49. The number of thiazole rings is 1. The van der Waals surface area contributed by atoms with Gasteiger partial charge in [-0.3, -0.25) is 4.90 Å². The summed E-state index contributed by atoms with van der Waals surface area (Å²) >= 11 is 1.60. The molecule has 0 aliphatic rings. The molecule has 3 aromatic rings. The van der Waals surface area contributed by atoms with Gasteiger partial charge in [-0.05, 0) is 38.2 Å². The summed E-state index contributed by atoms with van der Waals surface area (Å²) in [7, 11) is 3.70. The number of methoxy groups -OCH3 is 1. The van der Waals surface area contributed by atoms with Crippen LogP contribution in [0.3, 0.4) is 0 Å². The van der Waals surface area contributed by atoms with Crippen molar-refractivity contribution in [2.45, 2.75) is 13.5 Å². The Hall–Kier alpha value is -2.31. The lowest BCUT2D eigenvalue weighted by molar-refractivity contribution is 0.225. The number of likely N-dealkylation sites (N-methyl/N-ethyl adjacent to an activating group) is 1. The molecule has 2 heterocycles. The lowest BCUT2D eigenvalue weighted by atomic mass is 10.3. The van der Waals surface area contributed by atoms with Crippen molar-refractivity contribution in [3.05, 3.63) is 53.2 Å². The van der Waals surface area contributed by atoms with Gasteiger partial charge in [-0.1, -0.05) is 12.1 Å². The number of para-hydroxylation sites is 2. The Bertz CT molecular complexity index is 812. The van der Waals surface area contributed by atoms with Crippen molar-refractivity contribution in [1.29, 1.82) is 0 Å². The highest BCUT2D eigenvalue weighted by molar-refractivity contribution is 7.13. The first-order valence-corrected chi connectivity index (χ1v) is 8.99. The van der Waals surface area contributed by atoms with Crippen molar-refractivity contribution in [2.24, 2.45) is 0 Å². The largest absolute Gasteiger partial charge is 0.493 e. The van der Waals surface area contributed by atoms with E-state index >= 15 is 0 Å². The second-order valence-corrected chi connectivity index (χ2v) is 6.65. The first kappa shape index (κ1) is 17.5. The minimum absolute atomic E-state index is 0.589. The predicted octanol–water partition coefficient (Wildman–Crippen LogP) is 4.23. The van der Waals surface area contributed by atoms with E-state index in [1.165, 1.54) is 0 Å². The van der Waals surface area contributed by atoms with Crippen LogP contribution in [0.25, 0.3) is 10.8 Å². The first-order valence-electron chi connectivity index (χ1n) is 8.11. The molecule has 2 aromatic heterocycles. The normalized spacial score (nSPS) is 11.0. The van der Waals surface area contributed by atoms with E-state index in [1.807, 2.05) is 43.3 Å². The fraction of sp³-hybridized carbons (Fsp3) is 0.316. The van der Waals surface area contributed by atoms with E-state index in [2.05, 4.69) is 22.3 Å². The van der Waals surface area contributed by atoms with Crippen LogP contribution in [0.5, 0.6) is 11.5 Å². The van der Waals surface area contributed by atoms with Crippen LogP contribution in [-0.4, -0.2) is 37.2 Å². The second kappa shape index (κ2) is 8.18. The number of nitrogens with zero attached hydrogens (tertiary/aromatic N) is 2. The predicted molar refractivity (Wildman–Crippen MR) is 99.4 cm³/mol. The number of rotatable bonds is 8. The Morgan fingerprint density at radius 2 is 1.96 bits per heavy atom. The highest BCUT2D eigenvalue weighted by Gasteiger charge is 2.10. The van der Waals surface area contributed by atoms with E-state index in [0.29, 0.717) is 6.61 Å². The molecule has 0 fully saturated rings. The average Bonchev–Trinajstić information content (AvgIpc) is 3.24. The number of aromatic nitrogens is 1. The van der Waals surface area contributed by atoms with Gasteiger partial charge in [-0.15, -0.1) is 11.3 Å². The molecule has 0 amide bonds. The van der Waals surface area contributed by atoms with Crippen molar-refractivity contribution in [2.75, 3.05) is 27.3 Å². The molecule has 3 rings (SSSR count). The van der Waals surface area contributed by atoms with Crippen molar-refractivity contribution >= 4 is 11.3 Å². The highest BCUT2D eigenvalue weighted by atomic mass is 32.1. The van der Waals surface area contributed by atoms with Crippen molar-refractivity contribution in [3.63, 3.8) is 0 Å². The fourth-order valence-electron chi connectivity index (χ4n) is 2.45. The Labute approximate surface area is 151 Å². The summed E-state index contributed by atoms with van der Waals surface area (Å²) in [5.74, 6) is 3.25. The zero-order valence-corrected chi connectivity index (χ0v) is 15.5.